The lowest BCUT2D eigenvalue weighted by Gasteiger charge is -2.35. The summed E-state index contributed by atoms with van der Waals surface area (Å²) in [6.07, 6.45) is 6.25. The largest absolute Gasteiger partial charge is 0.497 e. The van der Waals surface area contributed by atoms with Crippen LogP contribution in [0.15, 0.2) is 40.7 Å². The fourth-order valence-corrected chi connectivity index (χ4v) is 5.10. The number of carbonyl (C=O) groups is 2. The third kappa shape index (κ3) is 6.41. The van der Waals surface area contributed by atoms with Crippen molar-refractivity contribution in [2.45, 2.75) is 66.5 Å². The molecule has 2 atom stereocenters. The number of fused-ring (bicyclic) bond motifs is 2. The zero-order valence-electron chi connectivity index (χ0n) is 24.5. The Morgan fingerprint density at radius 1 is 1.24 bits per heavy atom. The Labute approximate surface area is 228 Å². The molecule has 2 aromatic rings. The van der Waals surface area contributed by atoms with Crippen LogP contribution in [0.5, 0.6) is 11.5 Å². The first-order chi connectivity index (χ1) is 18.2. The molecule has 2 aliphatic heterocycles. The molecule has 38 heavy (non-hydrogen) atoms. The Morgan fingerprint density at radius 2 is 1.95 bits per heavy atom. The van der Waals surface area contributed by atoms with Gasteiger partial charge >= 0.3 is 6.03 Å². The SMILES string of the molecule is CC.CCN1C(=O)N2Cc3cc(OC)cc(OC)c3C[C@@H](C)/C=C\2C1(C)CCNC.Cc1ccoc1C=O. The van der Waals surface area contributed by atoms with E-state index in [1.165, 1.54) is 6.26 Å². The number of urea groups is 1. The number of methoxy groups -OCH3 is 2. The Morgan fingerprint density at radius 3 is 2.45 bits per heavy atom. The number of furan rings is 1. The minimum Gasteiger partial charge on any atom is -0.497 e. The van der Waals surface area contributed by atoms with Crippen LogP contribution in [0.3, 0.4) is 0 Å². The number of aryl methyl sites for hydroxylation is 1. The molecule has 4 rings (SSSR count). The van der Waals surface area contributed by atoms with Crippen molar-refractivity contribution in [1.29, 1.82) is 0 Å². The maximum Gasteiger partial charge on any atom is 0.325 e. The molecule has 2 amide bonds. The van der Waals surface area contributed by atoms with E-state index in [1.54, 1.807) is 20.3 Å². The van der Waals surface area contributed by atoms with Crippen molar-refractivity contribution in [1.82, 2.24) is 15.1 Å². The molecule has 1 aromatic heterocycles. The van der Waals surface area contributed by atoms with Crippen molar-refractivity contribution in [3.63, 3.8) is 0 Å². The Kier molecular flexibility index (Phi) is 11.4. The molecule has 1 N–H and O–H groups in total. The topological polar surface area (TPSA) is 84.2 Å². The van der Waals surface area contributed by atoms with E-state index in [9.17, 15) is 9.59 Å². The average Bonchev–Trinajstić information content (AvgIpc) is 3.42. The van der Waals surface area contributed by atoms with Crippen molar-refractivity contribution in [3.8, 4) is 11.5 Å². The minimum absolute atomic E-state index is 0.0780. The number of rotatable bonds is 7. The van der Waals surface area contributed by atoms with Crippen LogP contribution >= 0.6 is 0 Å². The van der Waals surface area contributed by atoms with E-state index >= 15 is 0 Å². The number of likely N-dealkylation sites (N-methyl/N-ethyl adjacent to an activating group) is 1. The van der Waals surface area contributed by atoms with Crippen LogP contribution in [0.1, 0.15) is 68.3 Å². The van der Waals surface area contributed by atoms with Crippen molar-refractivity contribution in [2.24, 2.45) is 5.92 Å². The van der Waals surface area contributed by atoms with E-state index < -0.39 is 0 Å². The molecule has 0 saturated carbocycles. The number of carbonyl (C=O) groups excluding carboxylic acids is 2. The van der Waals surface area contributed by atoms with Crippen LogP contribution in [0.25, 0.3) is 0 Å². The summed E-state index contributed by atoms with van der Waals surface area (Å²) >= 11 is 0. The quantitative estimate of drug-likeness (QED) is 0.456. The number of nitrogens with zero attached hydrogens (tertiary/aromatic N) is 2. The molecule has 1 saturated heterocycles. The lowest BCUT2D eigenvalue weighted by molar-refractivity contribution is 0.109. The zero-order chi connectivity index (χ0) is 28.5. The summed E-state index contributed by atoms with van der Waals surface area (Å²) in [6.45, 7) is 14.4. The van der Waals surface area contributed by atoms with Gasteiger partial charge in [0.15, 0.2) is 12.0 Å². The molecule has 0 radical (unpaired) electrons. The van der Waals surface area contributed by atoms with Crippen molar-refractivity contribution in [2.75, 3.05) is 34.4 Å². The van der Waals surface area contributed by atoms with Gasteiger partial charge in [-0.25, -0.2) is 4.79 Å². The molecule has 0 bridgehead atoms. The molecule has 0 spiro atoms. The summed E-state index contributed by atoms with van der Waals surface area (Å²) in [4.78, 5) is 27.3. The van der Waals surface area contributed by atoms with E-state index in [2.05, 4.69) is 32.2 Å². The average molecular weight is 528 g/mol. The Hall–Kier alpha value is -3.26. The summed E-state index contributed by atoms with van der Waals surface area (Å²) in [5.41, 5.74) is 3.96. The smallest absolute Gasteiger partial charge is 0.325 e. The number of amides is 2. The van der Waals surface area contributed by atoms with Crippen LogP contribution in [0.2, 0.25) is 0 Å². The van der Waals surface area contributed by atoms with Crippen LogP contribution in [-0.4, -0.2) is 62.0 Å². The van der Waals surface area contributed by atoms with Crippen LogP contribution < -0.4 is 14.8 Å². The van der Waals surface area contributed by atoms with Gasteiger partial charge < -0.3 is 24.1 Å². The fraction of sp³-hybridized carbons (Fsp3) is 0.533. The third-order valence-corrected chi connectivity index (χ3v) is 7.11. The van der Waals surface area contributed by atoms with E-state index in [-0.39, 0.29) is 17.5 Å². The maximum absolute atomic E-state index is 13.4. The number of benzene rings is 1. The molecule has 2 aliphatic rings. The standard InChI is InChI=1S/C22H33N3O3.C6H6O2.C2H6/c1-7-25-21(26)24-14-16-12-17(27-5)13-19(28-6)18(16)10-15(2)11-20(24)22(25,3)8-9-23-4;1-5-2-3-8-6(5)4-7;1-2/h11-13,15,23H,7-10,14H2,1-6H3;2-4H,1H3;1-2H3/b20-11-;;/t15-,22?;;/m1../s1. The van der Waals surface area contributed by atoms with Gasteiger partial charge in [-0.2, -0.15) is 0 Å². The minimum atomic E-state index is -0.302. The predicted octanol–water partition coefficient (Wildman–Crippen LogP) is 5.83. The van der Waals surface area contributed by atoms with Crippen LogP contribution in [0.4, 0.5) is 4.79 Å². The number of hydrogen-bond acceptors (Lipinski definition) is 6. The van der Waals surface area contributed by atoms with E-state index in [4.69, 9.17) is 13.9 Å². The highest BCUT2D eigenvalue weighted by Gasteiger charge is 2.50. The van der Waals surface area contributed by atoms with Gasteiger partial charge in [0.05, 0.1) is 32.6 Å². The second kappa shape index (κ2) is 14.0. The summed E-state index contributed by atoms with van der Waals surface area (Å²) in [7, 11) is 5.30. The highest BCUT2D eigenvalue weighted by atomic mass is 16.5. The second-order valence-electron chi connectivity index (χ2n) is 9.53. The van der Waals surface area contributed by atoms with Gasteiger partial charge in [0, 0.05) is 18.3 Å². The fourth-order valence-electron chi connectivity index (χ4n) is 5.10. The molecule has 0 aliphatic carbocycles. The molecular weight excluding hydrogens is 482 g/mol. The molecule has 1 aromatic carbocycles. The van der Waals surface area contributed by atoms with Gasteiger partial charge in [-0.3, -0.25) is 9.69 Å². The van der Waals surface area contributed by atoms with Gasteiger partial charge in [0.25, 0.3) is 0 Å². The zero-order valence-corrected chi connectivity index (χ0v) is 24.5. The first kappa shape index (κ1) is 31.0. The molecular formula is C30H45N3O5. The molecule has 1 fully saturated rings. The highest BCUT2D eigenvalue weighted by Crippen LogP contribution is 2.43. The van der Waals surface area contributed by atoms with E-state index in [1.807, 2.05) is 49.8 Å². The molecule has 1 unspecified atom stereocenters. The van der Waals surface area contributed by atoms with Gasteiger partial charge in [-0.15, -0.1) is 0 Å². The number of hydrogen-bond donors (Lipinski definition) is 1. The molecule has 3 heterocycles. The molecule has 8 nitrogen and oxygen atoms in total. The van der Waals surface area contributed by atoms with Crippen molar-refractivity contribution >= 4 is 12.3 Å². The summed E-state index contributed by atoms with van der Waals surface area (Å²) < 4.78 is 15.9. The summed E-state index contributed by atoms with van der Waals surface area (Å²) in [5, 5.41) is 3.24. The van der Waals surface area contributed by atoms with Crippen molar-refractivity contribution < 1.29 is 23.5 Å². The van der Waals surface area contributed by atoms with Gasteiger partial charge in [-0.1, -0.05) is 26.8 Å². The normalized spacial score (nSPS) is 21.3. The van der Waals surface area contributed by atoms with Crippen molar-refractivity contribution in [3.05, 3.63) is 58.7 Å². The monoisotopic (exact) mass is 527 g/mol. The van der Waals surface area contributed by atoms with Gasteiger partial charge in [0.1, 0.15) is 11.5 Å². The van der Waals surface area contributed by atoms with E-state index in [0.29, 0.717) is 25.1 Å². The number of ether oxygens (including phenoxy) is 2. The van der Waals surface area contributed by atoms with Gasteiger partial charge in [-0.05, 0) is 81.9 Å². The predicted molar refractivity (Wildman–Crippen MR) is 151 cm³/mol. The molecule has 210 valence electrons. The summed E-state index contributed by atoms with van der Waals surface area (Å²) in [5.74, 6) is 2.30. The number of allylic oxidation sites excluding steroid dienone is 1. The number of aldehydes is 1. The lowest BCUT2D eigenvalue weighted by Crippen LogP contribution is -2.45. The van der Waals surface area contributed by atoms with Crippen LogP contribution in [-0.2, 0) is 13.0 Å². The van der Waals surface area contributed by atoms with E-state index in [0.717, 1.165) is 53.3 Å². The third-order valence-electron chi connectivity index (χ3n) is 7.11. The first-order valence-corrected chi connectivity index (χ1v) is 13.4. The second-order valence-corrected chi connectivity index (χ2v) is 9.53. The first-order valence-electron chi connectivity index (χ1n) is 13.4. The van der Waals surface area contributed by atoms with Crippen LogP contribution in [0, 0.1) is 12.8 Å². The number of nitrogens with one attached hydrogen (secondary N) is 1. The Bertz CT molecular complexity index is 1110. The highest BCUT2D eigenvalue weighted by molar-refractivity contribution is 5.82. The summed E-state index contributed by atoms with van der Waals surface area (Å²) in [6, 6.07) is 5.80. The Balaban J connectivity index is 0.000000428. The lowest BCUT2D eigenvalue weighted by atomic mass is 9.86. The maximum atomic E-state index is 13.4. The molecule has 8 heteroatoms. The van der Waals surface area contributed by atoms with Gasteiger partial charge in [0.2, 0.25) is 0 Å².